The van der Waals surface area contributed by atoms with E-state index in [1.165, 1.54) is 6.07 Å². The maximum Gasteiger partial charge on any atom is 0.257 e. The number of aryl methyl sites for hydroxylation is 2. The van der Waals surface area contributed by atoms with E-state index < -0.39 is 0 Å². The summed E-state index contributed by atoms with van der Waals surface area (Å²) >= 11 is 6.00. The Morgan fingerprint density at radius 3 is 2.65 bits per heavy atom. The molecular formula is C26H21ClFN5O. The van der Waals surface area contributed by atoms with Crippen molar-refractivity contribution in [3.8, 4) is 22.5 Å². The zero-order chi connectivity index (χ0) is 24.2. The Morgan fingerprint density at radius 2 is 1.91 bits per heavy atom. The highest BCUT2D eigenvalue weighted by Crippen LogP contribution is 2.32. The van der Waals surface area contributed by atoms with E-state index in [0.717, 1.165) is 22.9 Å². The normalized spacial score (nSPS) is 11.1. The molecule has 170 valence electrons. The summed E-state index contributed by atoms with van der Waals surface area (Å²) in [5.41, 5.74) is 4.52. The second-order valence-electron chi connectivity index (χ2n) is 7.68. The van der Waals surface area contributed by atoms with Crippen molar-refractivity contribution < 1.29 is 9.18 Å². The number of nitrogens with one attached hydrogen (secondary N) is 3. The van der Waals surface area contributed by atoms with E-state index in [0.29, 0.717) is 39.2 Å². The van der Waals surface area contributed by atoms with Crippen LogP contribution in [0.2, 0.25) is 5.02 Å². The molecule has 0 unspecified atom stereocenters. The van der Waals surface area contributed by atoms with Gasteiger partial charge in [-0.15, -0.1) is 0 Å². The van der Waals surface area contributed by atoms with Crippen LogP contribution in [-0.4, -0.2) is 27.1 Å². The number of aromatic amines is 1. The smallest absolute Gasteiger partial charge is 0.257 e. The number of hydrogen-bond donors (Lipinski definition) is 3. The monoisotopic (exact) mass is 473 g/mol. The molecule has 8 heteroatoms. The highest BCUT2D eigenvalue weighted by molar-refractivity contribution is 6.30. The molecule has 3 N–H and O–H groups in total. The fourth-order valence-corrected chi connectivity index (χ4v) is 3.77. The Bertz CT molecular complexity index is 1430. The number of H-pyrrole nitrogens is 1. The minimum atomic E-state index is -0.299. The van der Waals surface area contributed by atoms with Gasteiger partial charge in [-0.1, -0.05) is 11.6 Å². The van der Waals surface area contributed by atoms with E-state index >= 15 is 0 Å². The van der Waals surface area contributed by atoms with Crippen molar-refractivity contribution in [1.82, 2.24) is 15.0 Å². The molecule has 34 heavy (non-hydrogen) atoms. The summed E-state index contributed by atoms with van der Waals surface area (Å²) in [6.07, 6.45) is 5.97. The Kier molecular flexibility index (Phi) is 6.65. The number of hydrogen-bond acceptors (Lipinski definition) is 4. The molecule has 0 aliphatic heterocycles. The molecule has 0 saturated heterocycles. The summed E-state index contributed by atoms with van der Waals surface area (Å²) in [6, 6.07) is 13.4. The molecule has 1 amide bonds. The molecule has 0 fully saturated rings. The van der Waals surface area contributed by atoms with Gasteiger partial charge in [-0.2, -0.15) is 0 Å². The first-order valence-electron chi connectivity index (χ1n) is 10.4. The largest absolute Gasteiger partial charge is 0.338 e. The predicted molar refractivity (Wildman–Crippen MR) is 134 cm³/mol. The maximum absolute atomic E-state index is 13.9. The molecule has 6 nitrogen and oxygen atoms in total. The van der Waals surface area contributed by atoms with E-state index in [1.54, 1.807) is 67.7 Å². The summed E-state index contributed by atoms with van der Waals surface area (Å²) in [6.45, 7) is 3.51. The Labute approximate surface area is 201 Å². The lowest BCUT2D eigenvalue weighted by atomic mass is 10.0. The van der Waals surface area contributed by atoms with E-state index in [4.69, 9.17) is 17.0 Å². The van der Waals surface area contributed by atoms with Crippen molar-refractivity contribution >= 4 is 35.6 Å². The fourth-order valence-electron chi connectivity index (χ4n) is 3.54. The van der Waals surface area contributed by atoms with E-state index in [1.807, 2.05) is 6.92 Å². The number of anilines is 1. The molecule has 4 rings (SSSR count). The number of imidazole rings is 1. The summed E-state index contributed by atoms with van der Waals surface area (Å²) < 4.78 is 13.9. The number of halogens is 2. The molecule has 0 aliphatic carbocycles. The third kappa shape index (κ3) is 4.94. The third-order valence-corrected chi connectivity index (χ3v) is 5.46. The zero-order valence-electron chi connectivity index (χ0n) is 18.5. The average molecular weight is 474 g/mol. The van der Waals surface area contributed by atoms with Crippen LogP contribution in [0.4, 0.5) is 10.2 Å². The first-order valence-corrected chi connectivity index (χ1v) is 10.8. The minimum absolute atomic E-state index is 0.295. The number of benzene rings is 2. The van der Waals surface area contributed by atoms with Crippen LogP contribution in [0.25, 0.3) is 28.6 Å². The third-order valence-electron chi connectivity index (χ3n) is 5.23. The van der Waals surface area contributed by atoms with Gasteiger partial charge in [-0.05, 0) is 85.7 Å². The summed E-state index contributed by atoms with van der Waals surface area (Å²) in [7, 11) is 0. The van der Waals surface area contributed by atoms with Gasteiger partial charge in [0.05, 0.1) is 11.4 Å². The summed E-state index contributed by atoms with van der Waals surface area (Å²) in [4.78, 5) is 24.9. The van der Waals surface area contributed by atoms with Crippen molar-refractivity contribution in [3.63, 3.8) is 0 Å². The lowest BCUT2D eigenvalue weighted by molar-refractivity contribution is 0.102. The van der Waals surface area contributed by atoms with Crippen LogP contribution in [0, 0.1) is 25.1 Å². The van der Waals surface area contributed by atoms with Gasteiger partial charge in [0, 0.05) is 34.1 Å². The fraction of sp³-hybridized carbons (Fsp3) is 0.0769. The van der Waals surface area contributed by atoms with Gasteiger partial charge in [0.2, 0.25) is 0 Å². The molecule has 0 atom stereocenters. The molecule has 2 aromatic heterocycles. The number of nitrogens with zero attached hydrogens (tertiary/aromatic N) is 2. The van der Waals surface area contributed by atoms with Crippen LogP contribution < -0.4 is 5.32 Å². The van der Waals surface area contributed by atoms with Crippen LogP contribution in [0.3, 0.4) is 0 Å². The lowest BCUT2D eigenvalue weighted by Gasteiger charge is -2.09. The molecule has 0 spiro atoms. The maximum atomic E-state index is 13.9. The van der Waals surface area contributed by atoms with Crippen molar-refractivity contribution in [3.05, 3.63) is 94.2 Å². The van der Waals surface area contributed by atoms with Crippen molar-refractivity contribution in [2.75, 3.05) is 5.32 Å². The Hall–Kier alpha value is -4.10. The highest BCUT2D eigenvalue weighted by atomic mass is 35.5. The standard InChI is InChI=1S/C26H21ClFN5O/c1-15-13-19(27)6-7-20(15)26(34)33-23-14-18(9-11-30-23)25-24(31-22(32-25)4-3-10-29)17-5-8-21(28)16(2)12-17/h3-14,29H,1-2H3,(H,31,32)(H,30,33,34)/b4-3-,29-10?. The van der Waals surface area contributed by atoms with Gasteiger partial charge in [-0.3, -0.25) is 4.79 Å². The number of pyridine rings is 1. The van der Waals surface area contributed by atoms with Crippen molar-refractivity contribution in [1.29, 1.82) is 5.41 Å². The van der Waals surface area contributed by atoms with Crippen molar-refractivity contribution in [2.24, 2.45) is 0 Å². The molecule has 4 aromatic rings. The van der Waals surface area contributed by atoms with Gasteiger partial charge in [0.15, 0.2) is 0 Å². The van der Waals surface area contributed by atoms with Crippen LogP contribution in [0.15, 0.2) is 60.8 Å². The Morgan fingerprint density at radius 1 is 1.09 bits per heavy atom. The molecular weight excluding hydrogens is 453 g/mol. The van der Waals surface area contributed by atoms with Crippen LogP contribution in [-0.2, 0) is 0 Å². The number of carbonyl (C=O) groups excluding carboxylic acids is 1. The summed E-state index contributed by atoms with van der Waals surface area (Å²) in [5.74, 6) is 0.308. The van der Waals surface area contributed by atoms with Gasteiger partial charge in [0.1, 0.15) is 17.5 Å². The first kappa shape index (κ1) is 23.1. The Balaban J connectivity index is 1.72. The van der Waals surface area contributed by atoms with Crippen LogP contribution >= 0.6 is 11.6 Å². The van der Waals surface area contributed by atoms with E-state index in [2.05, 4.69) is 20.3 Å². The van der Waals surface area contributed by atoms with Gasteiger partial charge in [-0.25, -0.2) is 14.4 Å². The molecule has 2 heterocycles. The second-order valence-corrected chi connectivity index (χ2v) is 8.11. The van der Waals surface area contributed by atoms with Crippen LogP contribution in [0.5, 0.6) is 0 Å². The quantitative estimate of drug-likeness (QED) is 0.280. The molecule has 0 radical (unpaired) electrons. The zero-order valence-corrected chi connectivity index (χ0v) is 19.2. The molecule has 2 aromatic carbocycles. The van der Waals surface area contributed by atoms with Crippen LogP contribution in [0.1, 0.15) is 27.3 Å². The topological polar surface area (TPSA) is 94.5 Å². The molecule has 0 bridgehead atoms. The average Bonchev–Trinajstić information content (AvgIpc) is 3.24. The van der Waals surface area contributed by atoms with Gasteiger partial charge >= 0.3 is 0 Å². The highest BCUT2D eigenvalue weighted by Gasteiger charge is 2.16. The number of rotatable bonds is 6. The second kappa shape index (κ2) is 9.80. The van der Waals surface area contributed by atoms with E-state index in [-0.39, 0.29) is 11.7 Å². The number of aromatic nitrogens is 3. The van der Waals surface area contributed by atoms with Gasteiger partial charge in [0.25, 0.3) is 5.91 Å². The number of carbonyl (C=O) groups is 1. The molecule has 0 aliphatic rings. The first-order chi connectivity index (χ1) is 16.4. The van der Waals surface area contributed by atoms with Gasteiger partial charge < -0.3 is 15.7 Å². The number of amides is 1. The van der Waals surface area contributed by atoms with Crippen molar-refractivity contribution in [2.45, 2.75) is 13.8 Å². The minimum Gasteiger partial charge on any atom is -0.338 e. The lowest BCUT2D eigenvalue weighted by Crippen LogP contribution is -2.14. The summed E-state index contributed by atoms with van der Waals surface area (Å²) in [5, 5.41) is 10.6. The van der Waals surface area contributed by atoms with E-state index in [9.17, 15) is 9.18 Å². The molecule has 0 saturated carbocycles. The predicted octanol–water partition coefficient (Wildman–Crippen LogP) is 6.46. The number of allylic oxidation sites excluding steroid dienone is 1. The SMILES string of the molecule is Cc1cc(-c2nc(/C=C\C=N)[nH]c2-c2ccnc(NC(=O)c3ccc(Cl)cc3C)c2)ccc1F.